The summed E-state index contributed by atoms with van der Waals surface area (Å²) < 4.78 is 21.2. The Bertz CT molecular complexity index is 4710. The lowest BCUT2D eigenvalue weighted by Gasteiger charge is -2.13. The summed E-state index contributed by atoms with van der Waals surface area (Å²) in [4.78, 5) is 11.3. The molecule has 0 spiro atoms. The molecule has 0 fully saturated rings. The van der Waals surface area contributed by atoms with Gasteiger partial charge in [0.25, 0.3) is 0 Å². The summed E-state index contributed by atoms with van der Waals surface area (Å²) in [5, 5.41) is 19.9. The quantitative estimate of drug-likeness (QED) is 0.177. The van der Waals surface area contributed by atoms with E-state index in [1.807, 2.05) is 0 Å². The first-order valence-corrected chi connectivity index (χ1v) is 23.4. The molecule has 5 heteroatoms. The second-order valence-corrected chi connectivity index (χ2v) is 18.3. The molecule has 0 saturated heterocycles. The lowest BCUT2D eigenvalue weighted by molar-refractivity contribution is 0.670. The third-order valence-corrected chi connectivity index (χ3v) is 14.6. The Labute approximate surface area is 392 Å². The van der Waals surface area contributed by atoms with E-state index in [1.165, 1.54) is 0 Å². The van der Waals surface area contributed by atoms with Gasteiger partial charge in [0.1, 0.15) is 33.5 Å². The van der Waals surface area contributed by atoms with E-state index in [4.69, 9.17) is 23.2 Å². The fourth-order valence-corrected chi connectivity index (χ4v) is 11.5. The lowest BCUT2D eigenvalue weighted by Crippen LogP contribution is -1.97. The van der Waals surface area contributed by atoms with Crippen LogP contribution in [-0.2, 0) is 0 Å². The van der Waals surface area contributed by atoms with Gasteiger partial charge in [0.2, 0.25) is 0 Å². The predicted octanol–water partition coefficient (Wildman–Crippen LogP) is 18.1. The smallest absolute Gasteiger partial charge is 0.164 e. The number of benzene rings is 12. The van der Waals surface area contributed by atoms with Crippen molar-refractivity contribution in [1.29, 1.82) is 0 Å². The van der Waals surface area contributed by atoms with Gasteiger partial charge in [-0.2, -0.15) is 0 Å². The van der Waals surface area contributed by atoms with Crippen LogP contribution in [0.4, 0.5) is 0 Å². The molecule has 0 saturated carbocycles. The van der Waals surface area contributed by atoms with E-state index < -0.39 is 0 Å². The molecule has 0 unspecified atom stereocenters. The van der Waals surface area contributed by atoms with Crippen LogP contribution in [0.2, 0.25) is 0 Å². The molecular weight excluding hydrogens is 845 g/mol. The van der Waals surface area contributed by atoms with Gasteiger partial charge in [-0.1, -0.05) is 158 Å². The first kappa shape index (κ1) is 36.8. The van der Waals surface area contributed by atoms with Crippen LogP contribution in [0.3, 0.4) is 0 Å². The van der Waals surface area contributed by atoms with Crippen LogP contribution in [0.25, 0.3) is 164 Å². The van der Waals surface area contributed by atoms with Crippen LogP contribution in [0.5, 0.6) is 0 Å². The molecule has 12 aromatic carbocycles. The van der Waals surface area contributed by atoms with Gasteiger partial charge in [-0.25, -0.2) is 9.97 Å². The van der Waals surface area contributed by atoms with Crippen molar-refractivity contribution in [2.75, 3.05) is 0 Å². The van der Waals surface area contributed by atoms with Gasteiger partial charge in [0.15, 0.2) is 5.82 Å². The molecule has 0 aliphatic carbocycles. The van der Waals surface area contributed by atoms with Gasteiger partial charge in [0, 0.05) is 43.4 Å². The zero-order valence-electron chi connectivity index (χ0n) is 36.7. The van der Waals surface area contributed by atoms with E-state index >= 15 is 0 Å². The van der Waals surface area contributed by atoms with Gasteiger partial charge in [-0.15, -0.1) is 0 Å². The Morgan fingerprint density at radius 1 is 0.246 bits per heavy atom. The summed E-state index contributed by atoms with van der Waals surface area (Å²) in [6, 6.07) is 72.9. The minimum atomic E-state index is 0.535. The average molecular weight is 879 g/mol. The summed E-state index contributed by atoms with van der Waals surface area (Å²) in [7, 11) is 0. The van der Waals surface area contributed by atoms with Gasteiger partial charge < -0.3 is 13.3 Å². The molecule has 69 heavy (non-hydrogen) atoms. The number of fused-ring (bicyclic) bond motifs is 20. The third kappa shape index (κ3) is 5.18. The van der Waals surface area contributed by atoms with E-state index in [9.17, 15) is 0 Å². The van der Waals surface area contributed by atoms with E-state index in [2.05, 4.69) is 206 Å². The summed E-state index contributed by atoms with van der Waals surface area (Å²) in [6.45, 7) is 0. The first-order chi connectivity index (χ1) is 34.2. The number of rotatable bonds is 3. The van der Waals surface area contributed by atoms with Crippen LogP contribution in [0.1, 0.15) is 0 Å². The van der Waals surface area contributed by atoms with Gasteiger partial charge in [-0.3, -0.25) is 0 Å². The van der Waals surface area contributed by atoms with Crippen molar-refractivity contribution in [3.63, 3.8) is 0 Å². The third-order valence-electron chi connectivity index (χ3n) is 14.6. The average Bonchev–Trinajstić information content (AvgIpc) is 4.12. The zero-order chi connectivity index (χ0) is 44.9. The molecule has 0 aliphatic rings. The summed E-state index contributed by atoms with van der Waals surface area (Å²) >= 11 is 0. The molecule has 0 aliphatic heterocycles. The lowest BCUT2D eigenvalue weighted by atomic mass is 9.94. The highest BCUT2D eigenvalue weighted by atomic mass is 16.3. The monoisotopic (exact) mass is 878 g/mol. The molecule has 0 atom stereocenters. The summed E-state index contributed by atoms with van der Waals surface area (Å²) in [5.41, 5.74) is 8.73. The molecule has 318 valence electrons. The number of hydrogen-bond acceptors (Lipinski definition) is 5. The summed E-state index contributed by atoms with van der Waals surface area (Å²) in [5.74, 6) is 0.535. The van der Waals surface area contributed by atoms with Crippen LogP contribution in [-0.4, -0.2) is 9.97 Å². The number of nitrogens with zero attached hydrogens (tertiary/aromatic N) is 2. The number of aromatic nitrogens is 2. The maximum atomic E-state index is 7.06. The van der Waals surface area contributed by atoms with Crippen molar-refractivity contribution in [2.24, 2.45) is 0 Å². The molecule has 0 radical (unpaired) electrons. The topological polar surface area (TPSA) is 65.2 Å². The maximum Gasteiger partial charge on any atom is 0.164 e. The van der Waals surface area contributed by atoms with Crippen molar-refractivity contribution in [1.82, 2.24) is 9.97 Å². The Morgan fingerprint density at radius 2 is 0.623 bits per heavy atom. The van der Waals surface area contributed by atoms with E-state index in [0.717, 1.165) is 159 Å². The molecule has 4 heterocycles. The normalized spacial score (nSPS) is 12.3. The molecule has 16 aromatic rings. The van der Waals surface area contributed by atoms with Crippen molar-refractivity contribution < 1.29 is 13.3 Å². The first-order valence-electron chi connectivity index (χ1n) is 23.4. The second kappa shape index (κ2) is 13.6. The Morgan fingerprint density at radius 3 is 1.13 bits per heavy atom. The second-order valence-electron chi connectivity index (χ2n) is 18.3. The predicted molar refractivity (Wildman–Crippen MR) is 285 cm³/mol. The minimum absolute atomic E-state index is 0.535. The fraction of sp³-hybridized carbons (Fsp3) is 0. The van der Waals surface area contributed by atoms with Crippen molar-refractivity contribution in [3.05, 3.63) is 206 Å². The molecule has 4 aromatic heterocycles. The largest absolute Gasteiger partial charge is 0.455 e. The Hall–Kier alpha value is -9.32. The number of hydrogen-bond donors (Lipinski definition) is 0. The van der Waals surface area contributed by atoms with Crippen molar-refractivity contribution >= 4 is 130 Å². The molecule has 16 rings (SSSR count). The molecule has 0 bridgehead atoms. The maximum absolute atomic E-state index is 7.06. The van der Waals surface area contributed by atoms with Gasteiger partial charge in [-0.05, 0) is 113 Å². The highest BCUT2D eigenvalue weighted by Crippen LogP contribution is 2.48. The van der Waals surface area contributed by atoms with E-state index in [0.29, 0.717) is 5.82 Å². The van der Waals surface area contributed by atoms with E-state index in [1.54, 1.807) is 0 Å². The summed E-state index contributed by atoms with van der Waals surface area (Å²) in [6.07, 6.45) is 0. The molecular formula is C64H34N2O3. The Kier molecular flexibility index (Phi) is 7.28. The van der Waals surface area contributed by atoms with Crippen LogP contribution < -0.4 is 0 Å². The fourth-order valence-electron chi connectivity index (χ4n) is 11.5. The van der Waals surface area contributed by atoms with Gasteiger partial charge >= 0.3 is 0 Å². The van der Waals surface area contributed by atoms with Crippen LogP contribution in [0.15, 0.2) is 220 Å². The van der Waals surface area contributed by atoms with Gasteiger partial charge in [0.05, 0.1) is 17.0 Å². The Balaban J connectivity index is 1.07. The van der Waals surface area contributed by atoms with Crippen molar-refractivity contribution in [3.8, 4) is 33.9 Å². The zero-order valence-corrected chi connectivity index (χ0v) is 36.7. The number of furan rings is 3. The minimum Gasteiger partial charge on any atom is -0.455 e. The molecule has 5 nitrogen and oxygen atoms in total. The van der Waals surface area contributed by atoms with Crippen molar-refractivity contribution in [2.45, 2.75) is 0 Å². The standard InChI is InChI=1S/C64H34N2O3/c1-2-16-38-33-55-49(29-37(38)15-1)56-44-22-10-5-19-41(44)32-50(63(56)69-55)64-65-51(47-30-39-17-6-11-23-45(39)59-57-42-20-8-3-13-35(42)25-27-53(57)67-61(47)59)34-52(66-64)48-31-40-18-7-12-24-46(40)60-58-43-21-9-4-14-36(43)26-28-54(58)68-62(48)60/h1-34H. The van der Waals surface area contributed by atoms with E-state index in [-0.39, 0.29) is 0 Å². The SMILES string of the molecule is c1ccc2cc3c(cc2c1)oc1c(-c2nc(-c4cc5ccccc5c5c4oc4ccc6ccccc6c45)cc(-c4cc5ccccc5c5c4oc4ccc6ccccc6c45)n2)cc2ccccc2c13. The van der Waals surface area contributed by atoms with Crippen LogP contribution in [0, 0.1) is 0 Å². The van der Waals surface area contributed by atoms with Crippen LogP contribution >= 0.6 is 0 Å². The highest BCUT2D eigenvalue weighted by molar-refractivity contribution is 6.31. The molecule has 0 N–H and O–H groups in total. The molecule has 0 amide bonds. The highest BCUT2D eigenvalue weighted by Gasteiger charge is 2.26.